The molecule has 0 spiro atoms. The second kappa shape index (κ2) is 6.17. The third-order valence-corrected chi connectivity index (χ3v) is 3.18. The summed E-state index contributed by atoms with van der Waals surface area (Å²) in [5.41, 5.74) is 8.25. The first-order chi connectivity index (χ1) is 10.1. The minimum atomic E-state index is -0.271. The zero-order chi connectivity index (χ0) is 15.4. The van der Waals surface area contributed by atoms with Crippen LogP contribution in [0.5, 0.6) is 11.5 Å². The van der Waals surface area contributed by atoms with E-state index in [9.17, 15) is 4.79 Å². The number of anilines is 2. The van der Waals surface area contributed by atoms with Crippen LogP contribution >= 0.6 is 0 Å². The molecule has 5 nitrogen and oxygen atoms in total. The smallest absolute Gasteiger partial charge is 0.259 e. The summed E-state index contributed by atoms with van der Waals surface area (Å²) in [5, 5.41) is 2.85. The average molecular weight is 286 g/mol. The highest BCUT2D eigenvalue weighted by Gasteiger charge is 2.15. The first kappa shape index (κ1) is 14.7. The van der Waals surface area contributed by atoms with Crippen LogP contribution in [0, 0.1) is 6.92 Å². The molecule has 0 radical (unpaired) electrons. The maximum absolute atomic E-state index is 12.4. The average Bonchev–Trinajstić information content (AvgIpc) is 2.48. The molecule has 0 fully saturated rings. The second-order valence-electron chi connectivity index (χ2n) is 4.56. The van der Waals surface area contributed by atoms with Gasteiger partial charge in [0, 0.05) is 5.69 Å². The van der Waals surface area contributed by atoms with E-state index in [-0.39, 0.29) is 5.91 Å². The Morgan fingerprint density at radius 1 is 1.14 bits per heavy atom. The van der Waals surface area contributed by atoms with Crippen molar-refractivity contribution < 1.29 is 14.3 Å². The van der Waals surface area contributed by atoms with Crippen molar-refractivity contribution in [1.82, 2.24) is 0 Å². The van der Waals surface area contributed by atoms with Crippen molar-refractivity contribution in [3.63, 3.8) is 0 Å². The van der Waals surface area contributed by atoms with E-state index in [4.69, 9.17) is 15.2 Å². The van der Waals surface area contributed by atoms with Crippen LogP contribution < -0.4 is 20.5 Å². The molecular weight excluding hydrogens is 268 g/mol. The standard InChI is InChI=1S/C16H18N2O3/c1-10-9-11(20-2)7-8-14(10)18-16(19)12-5-4-6-13(17)15(12)21-3/h4-9H,17H2,1-3H3,(H,18,19). The van der Waals surface area contributed by atoms with Gasteiger partial charge >= 0.3 is 0 Å². The third kappa shape index (κ3) is 3.08. The van der Waals surface area contributed by atoms with E-state index in [1.807, 2.05) is 13.0 Å². The first-order valence-corrected chi connectivity index (χ1v) is 6.45. The van der Waals surface area contributed by atoms with Crippen LogP contribution in [0.1, 0.15) is 15.9 Å². The van der Waals surface area contributed by atoms with Gasteiger partial charge in [-0.05, 0) is 42.8 Å². The number of carbonyl (C=O) groups excluding carboxylic acids is 1. The third-order valence-electron chi connectivity index (χ3n) is 3.18. The number of aryl methyl sites for hydroxylation is 1. The molecule has 1 amide bonds. The van der Waals surface area contributed by atoms with Crippen LogP contribution in [-0.4, -0.2) is 20.1 Å². The summed E-state index contributed by atoms with van der Waals surface area (Å²) in [7, 11) is 3.09. The lowest BCUT2D eigenvalue weighted by Gasteiger charge is -2.13. The fourth-order valence-electron chi connectivity index (χ4n) is 2.05. The number of nitrogens with two attached hydrogens (primary N) is 1. The van der Waals surface area contributed by atoms with Gasteiger partial charge in [-0.1, -0.05) is 6.07 Å². The molecule has 5 heteroatoms. The normalized spacial score (nSPS) is 10.0. The molecule has 110 valence electrons. The van der Waals surface area contributed by atoms with Crippen molar-refractivity contribution in [2.75, 3.05) is 25.3 Å². The number of hydrogen-bond acceptors (Lipinski definition) is 4. The molecule has 2 aromatic carbocycles. The number of benzene rings is 2. The molecule has 0 saturated carbocycles. The molecule has 2 aromatic rings. The molecule has 0 unspecified atom stereocenters. The van der Waals surface area contributed by atoms with Crippen molar-refractivity contribution in [1.29, 1.82) is 0 Å². The number of hydrogen-bond donors (Lipinski definition) is 2. The zero-order valence-corrected chi connectivity index (χ0v) is 12.3. The molecule has 0 heterocycles. The number of carbonyl (C=O) groups is 1. The summed E-state index contributed by atoms with van der Waals surface area (Å²) in [5.74, 6) is 0.848. The van der Waals surface area contributed by atoms with E-state index in [0.29, 0.717) is 22.7 Å². The van der Waals surface area contributed by atoms with Crippen LogP contribution in [-0.2, 0) is 0 Å². The van der Waals surface area contributed by atoms with E-state index in [1.165, 1.54) is 7.11 Å². The van der Waals surface area contributed by atoms with Crippen molar-refractivity contribution in [2.45, 2.75) is 6.92 Å². The van der Waals surface area contributed by atoms with Gasteiger partial charge < -0.3 is 20.5 Å². The molecule has 2 rings (SSSR count). The predicted octanol–water partition coefficient (Wildman–Crippen LogP) is 2.85. The van der Waals surface area contributed by atoms with E-state index < -0.39 is 0 Å². The number of rotatable bonds is 4. The Kier molecular flexibility index (Phi) is 4.33. The van der Waals surface area contributed by atoms with Gasteiger partial charge in [0.1, 0.15) is 5.75 Å². The number of nitrogen functional groups attached to an aromatic ring is 1. The fourth-order valence-corrected chi connectivity index (χ4v) is 2.05. The molecule has 0 atom stereocenters. The van der Waals surface area contributed by atoms with Gasteiger partial charge in [-0.25, -0.2) is 0 Å². The Morgan fingerprint density at radius 3 is 2.52 bits per heavy atom. The van der Waals surface area contributed by atoms with Gasteiger partial charge in [-0.15, -0.1) is 0 Å². The number of ether oxygens (including phenoxy) is 2. The molecule has 3 N–H and O–H groups in total. The lowest BCUT2D eigenvalue weighted by atomic mass is 10.1. The van der Waals surface area contributed by atoms with Gasteiger partial charge in [0.15, 0.2) is 5.75 Å². The minimum Gasteiger partial charge on any atom is -0.497 e. The number of para-hydroxylation sites is 1. The molecule has 0 bridgehead atoms. The number of nitrogens with one attached hydrogen (secondary N) is 1. The topological polar surface area (TPSA) is 73.6 Å². The highest BCUT2D eigenvalue weighted by molar-refractivity contribution is 6.07. The van der Waals surface area contributed by atoms with Crippen LogP contribution in [0.25, 0.3) is 0 Å². The Labute approximate surface area is 123 Å². The molecule has 0 saturated heterocycles. The van der Waals surface area contributed by atoms with E-state index in [1.54, 1.807) is 37.4 Å². The highest BCUT2D eigenvalue weighted by atomic mass is 16.5. The van der Waals surface area contributed by atoms with Gasteiger partial charge in [0.2, 0.25) is 0 Å². The van der Waals surface area contributed by atoms with Gasteiger partial charge in [0.25, 0.3) is 5.91 Å². The van der Waals surface area contributed by atoms with Crippen LogP contribution in [0.15, 0.2) is 36.4 Å². The highest BCUT2D eigenvalue weighted by Crippen LogP contribution is 2.27. The summed E-state index contributed by atoms with van der Waals surface area (Å²) in [6.07, 6.45) is 0. The van der Waals surface area contributed by atoms with Crippen molar-refractivity contribution >= 4 is 17.3 Å². The summed E-state index contributed by atoms with van der Waals surface area (Å²) >= 11 is 0. The van der Waals surface area contributed by atoms with Gasteiger partial charge in [0.05, 0.1) is 25.5 Å². The van der Waals surface area contributed by atoms with Gasteiger partial charge in [-0.2, -0.15) is 0 Å². The number of methoxy groups -OCH3 is 2. The SMILES string of the molecule is COc1ccc(NC(=O)c2cccc(N)c2OC)c(C)c1. The molecule has 21 heavy (non-hydrogen) atoms. The van der Waals surface area contributed by atoms with Crippen molar-refractivity contribution in [2.24, 2.45) is 0 Å². The van der Waals surface area contributed by atoms with E-state index >= 15 is 0 Å². The fraction of sp³-hybridized carbons (Fsp3) is 0.188. The van der Waals surface area contributed by atoms with Crippen LogP contribution in [0.2, 0.25) is 0 Å². The lowest BCUT2D eigenvalue weighted by Crippen LogP contribution is -2.14. The Balaban J connectivity index is 2.28. The van der Waals surface area contributed by atoms with Crippen molar-refractivity contribution in [3.8, 4) is 11.5 Å². The second-order valence-corrected chi connectivity index (χ2v) is 4.56. The summed E-state index contributed by atoms with van der Waals surface area (Å²) in [4.78, 5) is 12.4. The summed E-state index contributed by atoms with van der Waals surface area (Å²) in [6.45, 7) is 1.90. The largest absolute Gasteiger partial charge is 0.497 e. The molecule has 0 aliphatic carbocycles. The molecule has 0 aliphatic heterocycles. The molecular formula is C16H18N2O3. The van der Waals surface area contributed by atoms with Crippen molar-refractivity contribution in [3.05, 3.63) is 47.5 Å². The lowest BCUT2D eigenvalue weighted by molar-refractivity contribution is 0.102. The summed E-state index contributed by atoms with van der Waals surface area (Å²) < 4.78 is 10.3. The van der Waals surface area contributed by atoms with E-state index in [0.717, 1.165) is 11.3 Å². The summed E-state index contributed by atoms with van der Waals surface area (Å²) in [6, 6.07) is 10.5. The van der Waals surface area contributed by atoms with Crippen LogP contribution in [0.4, 0.5) is 11.4 Å². The molecule has 0 aromatic heterocycles. The first-order valence-electron chi connectivity index (χ1n) is 6.45. The quantitative estimate of drug-likeness (QED) is 0.848. The maximum atomic E-state index is 12.4. The predicted molar refractivity (Wildman–Crippen MR) is 83.1 cm³/mol. The molecule has 0 aliphatic rings. The maximum Gasteiger partial charge on any atom is 0.259 e. The zero-order valence-electron chi connectivity index (χ0n) is 12.3. The Bertz CT molecular complexity index is 669. The van der Waals surface area contributed by atoms with Gasteiger partial charge in [-0.3, -0.25) is 4.79 Å². The Hall–Kier alpha value is -2.69. The Morgan fingerprint density at radius 2 is 1.90 bits per heavy atom. The monoisotopic (exact) mass is 286 g/mol. The number of amides is 1. The van der Waals surface area contributed by atoms with Crippen LogP contribution in [0.3, 0.4) is 0 Å². The minimum absolute atomic E-state index is 0.271. The van der Waals surface area contributed by atoms with E-state index in [2.05, 4.69) is 5.32 Å².